The molecule has 0 aliphatic rings. The number of carbonyl (C=O) groups is 1. The van der Waals surface area contributed by atoms with Crippen LogP contribution >= 0.6 is 0 Å². The van der Waals surface area contributed by atoms with E-state index in [1.165, 1.54) is 0 Å². The third-order valence-corrected chi connectivity index (χ3v) is 3.34. The van der Waals surface area contributed by atoms with E-state index in [0.29, 0.717) is 11.1 Å². The molecule has 0 spiro atoms. The van der Waals surface area contributed by atoms with Crippen molar-refractivity contribution in [3.63, 3.8) is 0 Å². The molecule has 1 aromatic carbocycles. The number of amides is 1. The van der Waals surface area contributed by atoms with Gasteiger partial charge < -0.3 is 10.4 Å². The quantitative estimate of drug-likeness (QED) is 0.737. The molecule has 7 heteroatoms. The summed E-state index contributed by atoms with van der Waals surface area (Å²) in [6.45, 7) is 0.121. The highest BCUT2D eigenvalue weighted by atomic mass is 16.3. The van der Waals surface area contributed by atoms with Crippen LogP contribution in [0.2, 0.25) is 0 Å². The predicted octanol–water partition coefficient (Wildman–Crippen LogP) is 1.13. The molecule has 0 bridgehead atoms. The van der Waals surface area contributed by atoms with Gasteiger partial charge in [-0.05, 0) is 35.9 Å². The van der Waals surface area contributed by atoms with Crippen LogP contribution in [0.4, 0.5) is 0 Å². The van der Waals surface area contributed by atoms with Crippen LogP contribution in [0, 0.1) is 0 Å². The average molecular weight is 309 g/mol. The number of rotatable bonds is 5. The molecule has 3 rings (SSSR count). The summed E-state index contributed by atoms with van der Waals surface area (Å²) in [6, 6.07) is 10.4. The molecule has 0 saturated carbocycles. The van der Waals surface area contributed by atoms with Crippen LogP contribution in [0.15, 0.2) is 61.2 Å². The van der Waals surface area contributed by atoms with E-state index in [4.69, 9.17) is 0 Å². The van der Waals surface area contributed by atoms with E-state index in [2.05, 4.69) is 20.6 Å². The van der Waals surface area contributed by atoms with Crippen molar-refractivity contribution >= 4 is 5.91 Å². The lowest BCUT2D eigenvalue weighted by atomic mass is 10.1. The van der Waals surface area contributed by atoms with Gasteiger partial charge in [-0.2, -0.15) is 0 Å². The monoisotopic (exact) mass is 309 g/mol. The number of carbonyl (C=O) groups excluding carboxylic acids is 1. The second-order valence-electron chi connectivity index (χ2n) is 4.90. The van der Waals surface area contributed by atoms with Crippen molar-refractivity contribution in [1.29, 1.82) is 0 Å². The van der Waals surface area contributed by atoms with Gasteiger partial charge in [-0.25, -0.2) is 4.68 Å². The number of nitrogens with zero attached hydrogens (tertiary/aromatic N) is 4. The molecule has 0 radical (unpaired) electrons. The van der Waals surface area contributed by atoms with Crippen molar-refractivity contribution < 1.29 is 9.90 Å². The summed E-state index contributed by atoms with van der Waals surface area (Å²) in [6.07, 6.45) is 5.69. The summed E-state index contributed by atoms with van der Waals surface area (Å²) in [4.78, 5) is 16.1. The Hall–Kier alpha value is -3.06. The summed E-state index contributed by atoms with van der Waals surface area (Å²) in [5.74, 6) is -0.264. The molecule has 2 aromatic heterocycles. The minimum Gasteiger partial charge on any atom is -0.387 e. The van der Waals surface area contributed by atoms with E-state index in [1.54, 1.807) is 59.8 Å². The van der Waals surface area contributed by atoms with Crippen LogP contribution < -0.4 is 5.32 Å². The Kier molecular flexibility index (Phi) is 4.39. The second-order valence-corrected chi connectivity index (χ2v) is 4.90. The van der Waals surface area contributed by atoms with E-state index < -0.39 is 6.10 Å². The van der Waals surface area contributed by atoms with Crippen molar-refractivity contribution in [2.75, 3.05) is 6.54 Å². The number of benzene rings is 1. The van der Waals surface area contributed by atoms with Crippen LogP contribution in [0.3, 0.4) is 0 Å². The average Bonchev–Trinajstić information content (AvgIpc) is 3.15. The Bertz CT molecular complexity index is 774. The Morgan fingerprint density at radius 3 is 2.78 bits per heavy atom. The first-order valence-electron chi connectivity index (χ1n) is 7.07. The Morgan fingerprint density at radius 2 is 2.04 bits per heavy atom. The largest absolute Gasteiger partial charge is 0.387 e. The zero-order valence-electron chi connectivity index (χ0n) is 12.2. The zero-order chi connectivity index (χ0) is 16.1. The molecule has 1 atom stereocenters. The minimum absolute atomic E-state index is 0.121. The highest BCUT2D eigenvalue weighted by molar-refractivity contribution is 5.94. The molecular formula is C16H15N5O2. The van der Waals surface area contributed by atoms with Crippen LogP contribution in [0.1, 0.15) is 22.0 Å². The first kappa shape index (κ1) is 14.9. The molecule has 23 heavy (non-hydrogen) atoms. The Morgan fingerprint density at radius 1 is 1.22 bits per heavy atom. The van der Waals surface area contributed by atoms with E-state index in [-0.39, 0.29) is 12.5 Å². The van der Waals surface area contributed by atoms with Crippen LogP contribution in [-0.4, -0.2) is 37.5 Å². The number of aromatic nitrogens is 4. The van der Waals surface area contributed by atoms with Gasteiger partial charge in [-0.1, -0.05) is 11.3 Å². The highest BCUT2D eigenvalue weighted by Gasteiger charge is 2.11. The molecule has 2 N–H and O–H groups in total. The molecule has 0 aliphatic heterocycles. The Labute approximate surface area is 132 Å². The van der Waals surface area contributed by atoms with Gasteiger partial charge in [0.25, 0.3) is 5.91 Å². The van der Waals surface area contributed by atoms with Gasteiger partial charge in [0.15, 0.2) is 0 Å². The van der Waals surface area contributed by atoms with E-state index in [1.807, 2.05) is 6.07 Å². The smallest absolute Gasteiger partial charge is 0.251 e. The highest BCUT2D eigenvalue weighted by Crippen LogP contribution is 2.11. The number of aliphatic hydroxyl groups is 1. The van der Waals surface area contributed by atoms with Gasteiger partial charge in [0.1, 0.15) is 0 Å². The summed E-state index contributed by atoms with van der Waals surface area (Å²) in [7, 11) is 0. The molecule has 1 unspecified atom stereocenters. The SMILES string of the molecule is O=C(NCC(O)c1ccncc1)c1cccc(-n2ccnn2)c1. The van der Waals surface area contributed by atoms with Crippen molar-refractivity contribution in [2.45, 2.75) is 6.10 Å². The summed E-state index contributed by atoms with van der Waals surface area (Å²) < 4.78 is 1.57. The summed E-state index contributed by atoms with van der Waals surface area (Å²) in [5, 5.41) is 20.4. The third kappa shape index (κ3) is 3.58. The molecule has 0 fully saturated rings. The van der Waals surface area contributed by atoms with Gasteiger partial charge in [0.05, 0.1) is 24.2 Å². The number of aliphatic hydroxyl groups excluding tert-OH is 1. The molecule has 3 aromatic rings. The standard InChI is InChI=1S/C16H15N5O2/c22-15(12-4-6-17-7-5-12)11-18-16(23)13-2-1-3-14(10-13)21-9-8-19-20-21/h1-10,15,22H,11H2,(H,18,23). The number of nitrogens with one attached hydrogen (secondary N) is 1. The normalized spacial score (nSPS) is 11.9. The first-order valence-corrected chi connectivity index (χ1v) is 7.07. The number of hydrogen-bond donors (Lipinski definition) is 2. The second kappa shape index (κ2) is 6.80. The van der Waals surface area contributed by atoms with Crippen LogP contribution in [0.25, 0.3) is 5.69 Å². The lowest BCUT2D eigenvalue weighted by molar-refractivity contribution is 0.0916. The maximum absolute atomic E-state index is 12.2. The topological polar surface area (TPSA) is 92.9 Å². The number of hydrogen-bond acceptors (Lipinski definition) is 5. The molecule has 7 nitrogen and oxygen atoms in total. The maximum atomic E-state index is 12.2. The van der Waals surface area contributed by atoms with E-state index in [0.717, 1.165) is 5.69 Å². The third-order valence-electron chi connectivity index (χ3n) is 3.34. The van der Waals surface area contributed by atoms with Crippen molar-refractivity contribution in [3.8, 4) is 5.69 Å². The van der Waals surface area contributed by atoms with Gasteiger partial charge in [-0.3, -0.25) is 9.78 Å². The van der Waals surface area contributed by atoms with Crippen LogP contribution in [0.5, 0.6) is 0 Å². The molecular weight excluding hydrogens is 294 g/mol. The summed E-state index contributed by atoms with van der Waals surface area (Å²) in [5.41, 5.74) is 1.93. The fourth-order valence-corrected chi connectivity index (χ4v) is 2.13. The fourth-order valence-electron chi connectivity index (χ4n) is 2.13. The van der Waals surface area contributed by atoms with Gasteiger partial charge in [-0.15, -0.1) is 5.10 Å². The minimum atomic E-state index is -0.777. The van der Waals surface area contributed by atoms with Crippen LogP contribution in [-0.2, 0) is 0 Å². The van der Waals surface area contributed by atoms with Crippen molar-refractivity contribution in [2.24, 2.45) is 0 Å². The lowest BCUT2D eigenvalue weighted by Gasteiger charge is -2.12. The number of pyridine rings is 1. The molecule has 0 saturated heterocycles. The maximum Gasteiger partial charge on any atom is 0.251 e. The van der Waals surface area contributed by atoms with E-state index in [9.17, 15) is 9.90 Å². The van der Waals surface area contributed by atoms with Gasteiger partial charge in [0, 0.05) is 24.5 Å². The van der Waals surface area contributed by atoms with Gasteiger partial charge in [0.2, 0.25) is 0 Å². The molecule has 0 aliphatic carbocycles. The fraction of sp³-hybridized carbons (Fsp3) is 0.125. The van der Waals surface area contributed by atoms with Crippen molar-refractivity contribution in [3.05, 3.63) is 72.3 Å². The molecule has 1 amide bonds. The van der Waals surface area contributed by atoms with Crippen molar-refractivity contribution in [1.82, 2.24) is 25.3 Å². The molecule has 116 valence electrons. The van der Waals surface area contributed by atoms with E-state index >= 15 is 0 Å². The predicted molar refractivity (Wildman–Crippen MR) is 82.9 cm³/mol. The van der Waals surface area contributed by atoms with Gasteiger partial charge >= 0.3 is 0 Å². The lowest BCUT2D eigenvalue weighted by Crippen LogP contribution is -2.28. The first-order chi connectivity index (χ1) is 11.2. The zero-order valence-corrected chi connectivity index (χ0v) is 12.2. The molecule has 2 heterocycles. The summed E-state index contributed by atoms with van der Waals surface area (Å²) >= 11 is 0. The Balaban J connectivity index is 1.66.